The van der Waals surface area contributed by atoms with Gasteiger partial charge in [0, 0.05) is 18.5 Å². The Morgan fingerprint density at radius 1 is 0.903 bits per heavy atom. The lowest BCUT2D eigenvalue weighted by atomic mass is 9.72. The van der Waals surface area contributed by atoms with Crippen LogP contribution in [0.25, 0.3) is 0 Å². The smallest absolute Gasteiger partial charge is 0.118 e. The monoisotopic (exact) mass is 415 g/mol. The fraction of sp³-hybridized carbons (Fsp3) is 0.357. The predicted molar refractivity (Wildman–Crippen MR) is 126 cm³/mol. The lowest BCUT2D eigenvalue weighted by molar-refractivity contribution is -0.0708. The maximum Gasteiger partial charge on any atom is 0.118 e. The number of methoxy groups -OCH3 is 1. The average Bonchev–Trinajstić information content (AvgIpc) is 2.82. The van der Waals surface area contributed by atoms with E-state index in [-0.39, 0.29) is 12.0 Å². The van der Waals surface area contributed by atoms with Gasteiger partial charge in [-0.25, -0.2) is 0 Å². The highest BCUT2D eigenvalue weighted by atomic mass is 16.5. The van der Waals surface area contributed by atoms with Gasteiger partial charge in [0.1, 0.15) is 5.75 Å². The van der Waals surface area contributed by atoms with Crippen molar-refractivity contribution in [1.82, 2.24) is 4.90 Å². The van der Waals surface area contributed by atoms with E-state index in [0.29, 0.717) is 0 Å². The van der Waals surface area contributed by atoms with Gasteiger partial charge in [-0.05, 0) is 61.6 Å². The summed E-state index contributed by atoms with van der Waals surface area (Å²) in [6.07, 6.45) is 3.03. The topological polar surface area (TPSA) is 32.7 Å². The normalized spacial score (nSPS) is 21.4. The number of nitrogens with zero attached hydrogens (tertiary/aromatic N) is 1. The zero-order valence-electron chi connectivity index (χ0n) is 18.6. The van der Waals surface area contributed by atoms with Crippen molar-refractivity contribution in [2.24, 2.45) is 5.92 Å². The van der Waals surface area contributed by atoms with E-state index >= 15 is 0 Å². The van der Waals surface area contributed by atoms with Crippen LogP contribution in [0.2, 0.25) is 0 Å². The van der Waals surface area contributed by atoms with Crippen LogP contribution in [0.5, 0.6) is 5.75 Å². The molecule has 1 fully saturated rings. The third kappa shape index (κ3) is 5.00. The fourth-order valence-corrected chi connectivity index (χ4v) is 5.06. The molecule has 3 aromatic rings. The van der Waals surface area contributed by atoms with Crippen LogP contribution in [-0.4, -0.2) is 29.7 Å². The van der Waals surface area contributed by atoms with E-state index in [1.165, 1.54) is 11.1 Å². The number of benzene rings is 3. The van der Waals surface area contributed by atoms with Crippen molar-refractivity contribution >= 4 is 0 Å². The molecule has 1 heterocycles. The second-order valence-corrected chi connectivity index (χ2v) is 8.84. The van der Waals surface area contributed by atoms with Gasteiger partial charge in [0.25, 0.3) is 0 Å². The quantitative estimate of drug-likeness (QED) is 0.559. The number of hydrogen-bond acceptors (Lipinski definition) is 3. The summed E-state index contributed by atoms with van der Waals surface area (Å²) in [5.41, 5.74) is 2.72. The molecule has 0 radical (unpaired) electrons. The van der Waals surface area contributed by atoms with Crippen LogP contribution in [0.1, 0.15) is 36.5 Å². The molecule has 1 unspecified atom stereocenters. The van der Waals surface area contributed by atoms with Crippen molar-refractivity contribution in [2.45, 2.75) is 44.4 Å². The summed E-state index contributed by atoms with van der Waals surface area (Å²) in [6, 6.07) is 29.5. The van der Waals surface area contributed by atoms with Gasteiger partial charge in [0.2, 0.25) is 0 Å². The molecule has 0 saturated carbocycles. The summed E-state index contributed by atoms with van der Waals surface area (Å²) in [4.78, 5) is 2.57. The molecule has 1 saturated heterocycles. The Hall–Kier alpha value is -2.62. The summed E-state index contributed by atoms with van der Waals surface area (Å²) in [6.45, 7) is 3.96. The highest BCUT2D eigenvalue weighted by molar-refractivity contribution is 5.29. The zero-order chi connectivity index (χ0) is 21.7. The minimum atomic E-state index is -0.881. The third-order valence-corrected chi connectivity index (χ3v) is 6.81. The summed E-state index contributed by atoms with van der Waals surface area (Å²) < 4.78 is 5.34. The molecule has 3 heteroatoms. The van der Waals surface area contributed by atoms with Crippen molar-refractivity contribution in [3.8, 4) is 5.75 Å². The molecular formula is C28H33NO2. The summed E-state index contributed by atoms with van der Waals surface area (Å²) in [5, 5.41) is 11.8. The van der Waals surface area contributed by atoms with E-state index < -0.39 is 5.60 Å². The maximum atomic E-state index is 11.8. The second kappa shape index (κ2) is 9.67. The van der Waals surface area contributed by atoms with Crippen LogP contribution in [-0.2, 0) is 18.6 Å². The van der Waals surface area contributed by atoms with E-state index in [1.54, 1.807) is 7.11 Å². The molecule has 4 rings (SSSR count). The molecular weight excluding hydrogens is 382 g/mol. The van der Waals surface area contributed by atoms with E-state index in [9.17, 15) is 5.11 Å². The minimum absolute atomic E-state index is 0.148. The molecule has 1 aliphatic rings. The number of piperidine rings is 1. The molecule has 0 amide bonds. The van der Waals surface area contributed by atoms with Gasteiger partial charge < -0.3 is 9.84 Å². The van der Waals surface area contributed by atoms with Crippen LogP contribution in [0, 0.1) is 5.92 Å². The first kappa shape index (κ1) is 21.6. The van der Waals surface area contributed by atoms with Crippen molar-refractivity contribution in [3.63, 3.8) is 0 Å². The number of hydrogen-bond donors (Lipinski definition) is 1. The van der Waals surface area contributed by atoms with E-state index in [2.05, 4.69) is 59.5 Å². The maximum absolute atomic E-state index is 11.8. The van der Waals surface area contributed by atoms with Gasteiger partial charge >= 0.3 is 0 Å². The molecule has 1 N–H and O–H groups in total. The van der Waals surface area contributed by atoms with Crippen molar-refractivity contribution < 1.29 is 9.84 Å². The standard InChI is InChI=1S/C28H33NO2/c1-28(30,24-12-7-4-8-13-24)26-14-9-19-29(21-23-10-5-3-6-11-23)27(26)20-22-15-17-25(31-2)18-16-22/h3-8,10-13,15-18,26-27,30H,9,14,19-21H2,1-2H3/t26-,27-,28?/m0/s1. The second-order valence-electron chi connectivity index (χ2n) is 8.84. The predicted octanol–water partition coefficient (Wildman–Crippen LogP) is 5.43. The van der Waals surface area contributed by atoms with Crippen LogP contribution < -0.4 is 4.74 Å². The number of rotatable bonds is 7. The molecule has 1 aliphatic heterocycles. The largest absolute Gasteiger partial charge is 0.497 e. The number of aliphatic hydroxyl groups is 1. The van der Waals surface area contributed by atoms with Crippen molar-refractivity contribution in [3.05, 3.63) is 102 Å². The van der Waals surface area contributed by atoms with Crippen LogP contribution in [0.3, 0.4) is 0 Å². The third-order valence-electron chi connectivity index (χ3n) is 6.81. The molecule has 0 bridgehead atoms. The number of likely N-dealkylation sites (tertiary alicyclic amines) is 1. The number of ether oxygens (including phenoxy) is 1. The lowest BCUT2D eigenvalue weighted by Gasteiger charge is -2.47. The summed E-state index contributed by atoms with van der Waals surface area (Å²) >= 11 is 0. The lowest BCUT2D eigenvalue weighted by Crippen LogP contribution is -2.52. The average molecular weight is 416 g/mol. The first-order valence-corrected chi connectivity index (χ1v) is 11.3. The van der Waals surface area contributed by atoms with E-state index in [1.807, 2.05) is 37.3 Å². The highest BCUT2D eigenvalue weighted by Gasteiger charge is 2.43. The molecule has 0 spiro atoms. The molecule has 3 nitrogen and oxygen atoms in total. The molecule has 162 valence electrons. The first-order chi connectivity index (χ1) is 15.1. The summed E-state index contributed by atoms with van der Waals surface area (Å²) in [5.74, 6) is 1.02. The first-order valence-electron chi connectivity index (χ1n) is 11.3. The Labute approximate surface area is 186 Å². The Morgan fingerprint density at radius 3 is 2.19 bits per heavy atom. The van der Waals surface area contributed by atoms with Gasteiger partial charge in [-0.15, -0.1) is 0 Å². The van der Waals surface area contributed by atoms with Gasteiger partial charge in [-0.2, -0.15) is 0 Å². The Morgan fingerprint density at radius 2 is 1.55 bits per heavy atom. The van der Waals surface area contributed by atoms with Crippen LogP contribution in [0.15, 0.2) is 84.9 Å². The van der Waals surface area contributed by atoms with Gasteiger partial charge in [0.05, 0.1) is 12.7 Å². The van der Waals surface area contributed by atoms with Crippen molar-refractivity contribution in [1.29, 1.82) is 0 Å². The highest BCUT2D eigenvalue weighted by Crippen LogP contribution is 2.40. The van der Waals surface area contributed by atoms with Gasteiger partial charge in [0.15, 0.2) is 0 Å². The van der Waals surface area contributed by atoms with E-state index in [4.69, 9.17) is 4.74 Å². The van der Waals surface area contributed by atoms with Crippen molar-refractivity contribution in [2.75, 3.05) is 13.7 Å². The molecule has 0 aliphatic carbocycles. The minimum Gasteiger partial charge on any atom is -0.497 e. The van der Waals surface area contributed by atoms with E-state index in [0.717, 1.165) is 43.7 Å². The molecule has 3 aromatic carbocycles. The Kier molecular flexibility index (Phi) is 6.74. The molecule has 0 aromatic heterocycles. The SMILES string of the molecule is COc1ccc(C[C@H]2[C@@H](C(C)(O)c3ccccc3)CCCN2Cc2ccccc2)cc1. The van der Waals surface area contributed by atoms with Crippen LogP contribution >= 0.6 is 0 Å². The fourth-order valence-electron chi connectivity index (χ4n) is 5.06. The Bertz CT molecular complexity index is 938. The zero-order valence-corrected chi connectivity index (χ0v) is 18.6. The summed E-state index contributed by atoms with van der Waals surface area (Å²) in [7, 11) is 1.70. The molecule has 3 atom stereocenters. The van der Waals surface area contributed by atoms with Gasteiger partial charge in [-0.3, -0.25) is 4.90 Å². The molecule has 31 heavy (non-hydrogen) atoms. The van der Waals surface area contributed by atoms with Gasteiger partial charge in [-0.1, -0.05) is 72.8 Å². The van der Waals surface area contributed by atoms with Crippen LogP contribution in [0.4, 0.5) is 0 Å². The Balaban J connectivity index is 1.65.